The van der Waals surface area contributed by atoms with Crippen molar-refractivity contribution in [1.82, 2.24) is 0 Å². The Morgan fingerprint density at radius 3 is 1.00 bits per heavy atom. The van der Waals surface area contributed by atoms with E-state index in [-0.39, 0.29) is 31.1 Å². The molecule has 0 aliphatic carbocycles. The first kappa shape index (κ1) is 54.9. The van der Waals surface area contributed by atoms with Gasteiger partial charge in [-0.25, -0.2) is 0 Å². The van der Waals surface area contributed by atoms with Gasteiger partial charge < -0.3 is 14.2 Å². The molecule has 0 bridgehead atoms. The van der Waals surface area contributed by atoms with Crippen LogP contribution in [-0.4, -0.2) is 37.2 Å². The molecular weight excluding hydrogens is 709 g/mol. The van der Waals surface area contributed by atoms with E-state index < -0.39 is 6.10 Å². The first-order valence-electron chi connectivity index (χ1n) is 24.8. The van der Waals surface area contributed by atoms with Crippen molar-refractivity contribution < 1.29 is 28.6 Å². The lowest BCUT2D eigenvalue weighted by Gasteiger charge is -2.18. The topological polar surface area (TPSA) is 78.9 Å². The molecule has 0 N–H and O–H groups in total. The van der Waals surface area contributed by atoms with Crippen molar-refractivity contribution in [2.45, 2.75) is 271 Å². The maximum absolute atomic E-state index is 12.7. The van der Waals surface area contributed by atoms with Crippen LogP contribution in [0.25, 0.3) is 0 Å². The van der Waals surface area contributed by atoms with Crippen molar-refractivity contribution in [1.29, 1.82) is 0 Å². The van der Waals surface area contributed by atoms with E-state index in [1.165, 1.54) is 148 Å². The van der Waals surface area contributed by atoms with Gasteiger partial charge in [-0.1, -0.05) is 218 Å². The second-order valence-electron chi connectivity index (χ2n) is 16.7. The molecule has 0 spiro atoms. The van der Waals surface area contributed by atoms with Gasteiger partial charge in [-0.05, 0) is 51.4 Å². The molecule has 0 rings (SSSR count). The molecule has 0 fully saturated rings. The summed E-state index contributed by atoms with van der Waals surface area (Å²) in [6.45, 7) is 6.61. The molecule has 0 aromatic rings. The zero-order chi connectivity index (χ0) is 41.5. The summed E-state index contributed by atoms with van der Waals surface area (Å²) in [6.07, 6.45) is 51.5. The molecular formula is C51H94O6. The first-order valence-corrected chi connectivity index (χ1v) is 24.8. The highest BCUT2D eigenvalue weighted by molar-refractivity contribution is 5.71. The fourth-order valence-corrected chi connectivity index (χ4v) is 7.18. The number of ether oxygens (including phenoxy) is 3. The maximum Gasteiger partial charge on any atom is 0.306 e. The molecule has 0 unspecified atom stereocenters. The summed E-state index contributed by atoms with van der Waals surface area (Å²) in [5, 5.41) is 0. The van der Waals surface area contributed by atoms with Crippen LogP contribution >= 0.6 is 0 Å². The molecule has 0 aromatic heterocycles. The zero-order valence-electron chi connectivity index (χ0n) is 38.1. The summed E-state index contributed by atoms with van der Waals surface area (Å²) in [7, 11) is 0. The molecule has 0 saturated heterocycles. The SMILES string of the molecule is CCCCC/C=C\C/C=C\CCCCCCCC(=O)OC[C@@H](COC(=O)CCCCCCCCCCCCCC)OC(=O)CCCCCCCCCCCCCC. The third-order valence-electron chi connectivity index (χ3n) is 11.0. The highest BCUT2D eigenvalue weighted by Crippen LogP contribution is 2.15. The van der Waals surface area contributed by atoms with Gasteiger partial charge in [-0.15, -0.1) is 0 Å². The van der Waals surface area contributed by atoms with E-state index in [1.807, 2.05) is 0 Å². The van der Waals surface area contributed by atoms with Crippen LogP contribution in [0.15, 0.2) is 24.3 Å². The van der Waals surface area contributed by atoms with Crippen molar-refractivity contribution in [3.63, 3.8) is 0 Å². The Kier molecular flexibility index (Phi) is 44.9. The molecule has 6 nitrogen and oxygen atoms in total. The number of hydrogen-bond donors (Lipinski definition) is 0. The normalized spacial score (nSPS) is 12.1. The number of carbonyl (C=O) groups is 3. The van der Waals surface area contributed by atoms with Crippen LogP contribution in [0.3, 0.4) is 0 Å². The summed E-state index contributed by atoms with van der Waals surface area (Å²) >= 11 is 0. The number of carbonyl (C=O) groups excluding carboxylic acids is 3. The second kappa shape index (κ2) is 46.6. The molecule has 1 atom stereocenters. The predicted octanol–water partition coefficient (Wildman–Crippen LogP) is 16.0. The average molecular weight is 803 g/mol. The number of rotatable bonds is 45. The summed E-state index contributed by atoms with van der Waals surface area (Å²) < 4.78 is 16.8. The van der Waals surface area contributed by atoms with Gasteiger partial charge in [0.25, 0.3) is 0 Å². The smallest absolute Gasteiger partial charge is 0.306 e. The predicted molar refractivity (Wildman–Crippen MR) is 243 cm³/mol. The number of hydrogen-bond acceptors (Lipinski definition) is 6. The molecule has 0 saturated carbocycles. The monoisotopic (exact) mass is 803 g/mol. The lowest BCUT2D eigenvalue weighted by atomic mass is 10.0. The van der Waals surface area contributed by atoms with E-state index in [4.69, 9.17) is 14.2 Å². The lowest BCUT2D eigenvalue weighted by molar-refractivity contribution is -0.167. The van der Waals surface area contributed by atoms with Crippen LogP contribution in [0, 0.1) is 0 Å². The third-order valence-corrected chi connectivity index (χ3v) is 11.0. The van der Waals surface area contributed by atoms with Crippen LogP contribution in [0.1, 0.15) is 265 Å². The summed E-state index contributed by atoms with van der Waals surface area (Å²) in [5.41, 5.74) is 0. The fraction of sp³-hybridized carbons (Fsp3) is 0.863. The third kappa shape index (κ3) is 44.8. The molecule has 0 aromatic carbocycles. The minimum absolute atomic E-state index is 0.0712. The molecule has 334 valence electrons. The Labute approximate surface area is 353 Å². The molecule has 0 amide bonds. The Morgan fingerprint density at radius 1 is 0.351 bits per heavy atom. The standard InChI is InChI=1S/C51H94O6/c1-4-7-10-13-16-19-22-25-26-27-30-32-35-38-41-44-50(53)56-47-48(57-51(54)45-42-39-36-33-29-24-21-18-15-12-9-6-3)46-55-49(52)43-40-37-34-31-28-23-20-17-14-11-8-5-2/h16,19,25-26,48H,4-15,17-18,20-24,27-47H2,1-3H3/b19-16-,26-25-/t48-/m1/s1. The Bertz CT molecular complexity index is 927. The van der Waals surface area contributed by atoms with E-state index in [1.54, 1.807) is 0 Å². The number of esters is 3. The minimum atomic E-state index is -0.769. The number of allylic oxidation sites excluding steroid dienone is 4. The minimum Gasteiger partial charge on any atom is -0.462 e. The molecule has 0 aliphatic heterocycles. The van der Waals surface area contributed by atoms with Gasteiger partial charge >= 0.3 is 17.9 Å². The number of unbranched alkanes of at least 4 members (excludes halogenated alkanes) is 30. The van der Waals surface area contributed by atoms with Gasteiger partial charge in [0.05, 0.1) is 0 Å². The van der Waals surface area contributed by atoms with E-state index in [0.717, 1.165) is 77.0 Å². The zero-order valence-corrected chi connectivity index (χ0v) is 38.1. The molecule has 57 heavy (non-hydrogen) atoms. The quantitative estimate of drug-likeness (QED) is 0.0264. The average Bonchev–Trinajstić information content (AvgIpc) is 3.21. The first-order chi connectivity index (χ1) is 28.0. The van der Waals surface area contributed by atoms with E-state index in [9.17, 15) is 14.4 Å². The Hall–Kier alpha value is -2.11. The van der Waals surface area contributed by atoms with Crippen molar-refractivity contribution in [2.24, 2.45) is 0 Å². The van der Waals surface area contributed by atoms with Crippen molar-refractivity contribution in [3.8, 4) is 0 Å². The van der Waals surface area contributed by atoms with E-state index in [0.29, 0.717) is 19.3 Å². The van der Waals surface area contributed by atoms with Gasteiger partial charge in [0, 0.05) is 19.3 Å². The highest BCUT2D eigenvalue weighted by atomic mass is 16.6. The summed E-state index contributed by atoms with van der Waals surface area (Å²) in [6, 6.07) is 0. The van der Waals surface area contributed by atoms with Crippen LogP contribution in [0.4, 0.5) is 0 Å². The van der Waals surface area contributed by atoms with Gasteiger partial charge in [0.2, 0.25) is 0 Å². The van der Waals surface area contributed by atoms with Gasteiger partial charge in [0.15, 0.2) is 6.10 Å². The van der Waals surface area contributed by atoms with E-state index in [2.05, 4.69) is 45.1 Å². The summed E-state index contributed by atoms with van der Waals surface area (Å²) in [5.74, 6) is -0.875. The second-order valence-corrected chi connectivity index (χ2v) is 16.7. The Morgan fingerprint density at radius 2 is 0.632 bits per heavy atom. The van der Waals surface area contributed by atoms with Crippen molar-refractivity contribution in [2.75, 3.05) is 13.2 Å². The van der Waals surface area contributed by atoms with Gasteiger partial charge in [-0.3, -0.25) is 14.4 Å². The van der Waals surface area contributed by atoms with Crippen LogP contribution < -0.4 is 0 Å². The highest BCUT2D eigenvalue weighted by Gasteiger charge is 2.19. The summed E-state index contributed by atoms with van der Waals surface area (Å²) in [4.78, 5) is 37.8. The Balaban J connectivity index is 4.36. The van der Waals surface area contributed by atoms with Crippen LogP contribution in [0.2, 0.25) is 0 Å². The van der Waals surface area contributed by atoms with Crippen LogP contribution in [0.5, 0.6) is 0 Å². The maximum atomic E-state index is 12.7. The molecule has 0 radical (unpaired) electrons. The molecule has 0 heterocycles. The molecule has 6 heteroatoms. The van der Waals surface area contributed by atoms with Gasteiger partial charge in [-0.2, -0.15) is 0 Å². The fourth-order valence-electron chi connectivity index (χ4n) is 7.18. The van der Waals surface area contributed by atoms with Crippen LogP contribution in [-0.2, 0) is 28.6 Å². The lowest BCUT2D eigenvalue weighted by Crippen LogP contribution is -2.30. The van der Waals surface area contributed by atoms with E-state index >= 15 is 0 Å². The van der Waals surface area contributed by atoms with Gasteiger partial charge in [0.1, 0.15) is 13.2 Å². The molecule has 0 aliphatic rings. The van der Waals surface area contributed by atoms with Crippen molar-refractivity contribution in [3.05, 3.63) is 24.3 Å². The van der Waals surface area contributed by atoms with Crippen molar-refractivity contribution >= 4 is 17.9 Å². The largest absolute Gasteiger partial charge is 0.462 e.